The first-order valence-corrected chi connectivity index (χ1v) is 7.01. The summed E-state index contributed by atoms with van der Waals surface area (Å²) in [6.45, 7) is 3.09. The lowest BCUT2D eigenvalue weighted by Gasteiger charge is -2.27. The average Bonchev–Trinajstić information content (AvgIpc) is 3.03. The van der Waals surface area contributed by atoms with E-state index in [-0.39, 0.29) is 11.9 Å². The molecule has 1 atom stereocenters. The van der Waals surface area contributed by atoms with Crippen molar-refractivity contribution in [3.05, 3.63) is 54.1 Å². The maximum Gasteiger partial charge on any atom is 0.278 e. The number of hydrogen-bond donors (Lipinski definition) is 0. The summed E-state index contributed by atoms with van der Waals surface area (Å²) in [6, 6.07) is 9.68. The number of carbonyl (C=O) groups excluding carboxylic acids is 1. The van der Waals surface area contributed by atoms with Gasteiger partial charge in [0.15, 0.2) is 0 Å². The number of anilines is 1. The summed E-state index contributed by atoms with van der Waals surface area (Å²) in [5.41, 5.74) is 2.01. The van der Waals surface area contributed by atoms with E-state index >= 15 is 0 Å². The number of ether oxygens (including phenoxy) is 1. The molecule has 1 saturated heterocycles. The summed E-state index contributed by atoms with van der Waals surface area (Å²) in [4.78, 5) is 22.9. The molecule has 1 amide bonds. The van der Waals surface area contributed by atoms with E-state index in [1.165, 1.54) is 6.20 Å². The van der Waals surface area contributed by atoms with Gasteiger partial charge in [0.25, 0.3) is 5.91 Å². The number of rotatable bonds is 3. The van der Waals surface area contributed by atoms with E-state index in [0.29, 0.717) is 18.9 Å². The molecule has 108 valence electrons. The fourth-order valence-electron chi connectivity index (χ4n) is 2.43. The van der Waals surface area contributed by atoms with Crippen LogP contribution in [0.4, 0.5) is 5.69 Å². The highest BCUT2D eigenvalue weighted by atomic mass is 16.5. The molecule has 0 radical (unpaired) electrons. The SMILES string of the molecule is Cc1cnc(C(=O)N(c2ccccc2)C2CCOC2)cn1. The van der Waals surface area contributed by atoms with Crippen LogP contribution in [-0.4, -0.2) is 35.1 Å². The molecule has 1 aromatic heterocycles. The first kappa shape index (κ1) is 13.7. The van der Waals surface area contributed by atoms with Gasteiger partial charge in [0.2, 0.25) is 0 Å². The van der Waals surface area contributed by atoms with E-state index < -0.39 is 0 Å². The molecule has 3 rings (SSSR count). The van der Waals surface area contributed by atoms with E-state index in [1.54, 1.807) is 11.1 Å². The number of benzene rings is 1. The van der Waals surface area contributed by atoms with Crippen molar-refractivity contribution in [3.8, 4) is 0 Å². The highest BCUT2D eigenvalue weighted by Gasteiger charge is 2.30. The van der Waals surface area contributed by atoms with Crippen molar-refractivity contribution in [2.75, 3.05) is 18.1 Å². The van der Waals surface area contributed by atoms with Crippen LogP contribution in [-0.2, 0) is 4.74 Å². The number of nitrogens with zero attached hydrogens (tertiary/aromatic N) is 3. The number of aromatic nitrogens is 2. The zero-order valence-corrected chi connectivity index (χ0v) is 11.9. The van der Waals surface area contributed by atoms with E-state index in [9.17, 15) is 4.79 Å². The van der Waals surface area contributed by atoms with Crippen LogP contribution in [0.1, 0.15) is 22.6 Å². The second kappa shape index (κ2) is 6.01. The van der Waals surface area contributed by atoms with Gasteiger partial charge >= 0.3 is 0 Å². The second-order valence-corrected chi connectivity index (χ2v) is 5.07. The van der Waals surface area contributed by atoms with E-state index in [4.69, 9.17) is 4.74 Å². The van der Waals surface area contributed by atoms with Gasteiger partial charge in [0.1, 0.15) is 5.69 Å². The average molecular weight is 283 g/mol. The molecule has 5 nitrogen and oxygen atoms in total. The maximum atomic E-state index is 12.8. The highest BCUT2D eigenvalue weighted by molar-refractivity contribution is 6.05. The predicted molar refractivity (Wildman–Crippen MR) is 79.2 cm³/mol. The van der Waals surface area contributed by atoms with Gasteiger partial charge < -0.3 is 9.64 Å². The van der Waals surface area contributed by atoms with Gasteiger partial charge in [-0.2, -0.15) is 0 Å². The zero-order valence-electron chi connectivity index (χ0n) is 11.9. The van der Waals surface area contributed by atoms with Crippen LogP contribution < -0.4 is 4.90 Å². The van der Waals surface area contributed by atoms with Crippen LogP contribution in [0.3, 0.4) is 0 Å². The monoisotopic (exact) mass is 283 g/mol. The van der Waals surface area contributed by atoms with Crippen LogP contribution in [0.15, 0.2) is 42.7 Å². The van der Waals surface area contributed by atoms with Gasteiger partial charge in [-0.1, -0.05) is 18.2 Å². The third-order valence-electron chi connectivity index (χ3n) is 3.52. The van der Waals surface area contributed by atoms with Crippen LogP contribution in [0, 0.1) is 6.92 Å². The minimum atomic E-state index is -0.135. The number of aryl methyl sites for hydroxylation is 1. The van der Waals surface area contributed by atoms with Crippen LogP contribution in [0.5, 0.6) is 0 Å². The largest absolute Gasteiger partial charge is 0.379 e. The summed E-state index contributed by atoms with van der Waals surface area (Å²) in [5.74, 6) is -0.135. The van der Waals surface area contributed by atoms with Crippen LogP contribution in [0.2, 0.25) is 0 Å². The van der Waals surface area contributed by atoms with E-state index in [1.807, 2.05) is 37.3 Å². The topological polar surface area (TPSA) is 55.3 Å². The maximum absolute atomic E-state index is 12.8. The Hall–Kier alpha value is -2.27. The minimum Gasteiger partial charge on any atom is -0.379 e. The van der Waals surface area contributed by atoms with Crippen molar-refractivity contribution >= 4 is 11.6 Å². The molecule has 1 aliphatic heterocycles. The number of amides is 1. The second-order valence-electron chi connectivity index (χ2n) is 5.07. The van der Waals surface area contributed by atoms with Gasteiger partial charge in [0.05, 0.1) is 24.5 Å². The van der Waals surface area contributed by atoms with Crippen molar-refractivity contribution in [2.24, 2.45) is 0 Å². The smallest absolute Gasteiger partial charge is 0.278 e. The summed E-state index contributed by atoms with van der Waals surface area (Å²) in [6.07, 6.45) is 3.98. The zero-order chi connectivity index (χ0) is 14.7. The molecule has 0 aliphatic carbocycles. The molecule has 21 heavy (non-hydrogen) atoms. The predicted octanol–water partition coefficient (Wildman–Crippen LogP) is 2.22. The molecule has 1 aromatic carbocycles. The third-order valence-corrected chi connectivity index (χ3v) is 3.52. The van der Waals surface area contributed by atoms with Gasteiger partial charge in [-0.15, -0.1) is 0 Å². The van der Waals surface area contributed by atoms with Gasteiger partial charge in [-0.3, -0.25) is 9.78 Å². The molecule has 1 unspecified atom stereocenters. The molecular formula is C16H17N3O2. The van der Waals surface area contributed by atoms with Crippen molar-refractivity contribution in [1.82, 2.24) is 9.97 Å². The first-order valence-electron chi connectivity index (χ1n) is 7.01. The quantitative estimate of drug-likeness (QED) is 0.866. The Balaban J connectivity index is 1.94. The Morgan fingerprint density at radius 1 is 1.24 bits per heavy atom. The highest BCUT2D eigenvalue weighted by Crippen LogP contribution is 2.23. The number of para-hydroxylation sites is 1. The number of hydrogen-bond acceptors (Lipinski definition) is 4. The number of carbonyl (C=O) groups is 1. The molecular weight excluding hydrogens is 266 g/mol. The third kappa shape index (κ3) is 2.92. The molecule has 1 aliphatic rings. The summed E-state index contributed by atoms with van der Waals surface area (Å²) in [5, 5.41) is 0. The lowest BCUT2D eigenvalue weighted by Crippen LogP contribution is -2.41. The Morgan fingerprint density at radius 2 is 2.05 bits per heavy atom. The summed E-state index contributed by atoms with van der Waals surface area (Å²) >= 11 is 0. The lowest BCUT2D eigenvalue weighted by molar-refractivity contribution is 0.0966. The first-order chi connectivity index (χ1) is 10.3. The standard InChI is InChI=1S/C16H17N3O2/c1-12-9-18-15(10-17-12)16(20)19(14-7-8-21-11-14)13-5-3-2-4-6-13/h2-6,9-10,14H,7-8,11H2,1H3. The molecule has 2 aromatic rings. The van der Waals surface area contributed by atoms with Gasteiger partial charge in [0, 0.05) is 18.5 Å². The lowest BCUT2D eigenvalue weighted by atomic mass is 10.1. The fourth-order valence-corrected chi connectivity index (χ4v) is 2.43. The minimum absolute atomic E-state index is 0.0444. The van der Waals surface area contributed by atoms with Crippen molar-refractivity contribution in [2.45, 2.75) is 19.4 Å². The molecule has 5 heteroatoms. The normalized spacial score (nSPS) is 17.7. The van der Waals surface area contributed by atoms with Crippen molar-refractivity contribution in [1.29, 1.82) is 0 Å². The van der Waals surface area contributed by atoms with E-state index in [2.05, 4.69) is 9.97 Å². The van der Waals surface area contributed by atoms with Crippen molar-refractivity contribution < 1.29 is 9.53 Å². The van der Waals surface area contributed by atoms with Gasteiger partial charge in [-0.05, 0) is 25.5 Å². The Morgan fingerprint density at radius 3 is 2.67 bits per heavy atom. The summed E-state index contributed by atoms with van der Waals surface area (Å²) < 4.78 is 5.43. The van der Waals surface area contributed by atoms with Gasteiger partial charge in [-0.25, -0.2) is 4.98 Å². The Labute approximate surface area is 123 Å². The molecule has 2 heterocycles. The van der Waals surface area contributed by atoms with Crippen molar-refractivity contribution in [3.63, 3.8) is 0 Å². The molecule has 0 bridgehead atoms. The Bertz CT molecular complexity index is 607. The fraction of sp³-hybridized carbons (Fsp3) is 0.312. The molecule has 0 spiro atoms. The molecule has 1 fully saturated rings. The van der Waals surface area contributed by atoms with Crippen LogP contribution in [0.25, 0.3) is 0 Å². The van der Waals surface area contributed by atoms with E-state index in [0.717, 1.165) is 17.8 Å². The molecule has 0 N–H and O–H groups in total. The Kier molecular flexibility index (Phi) is 3.92. The molecule has 0 saturated carbocycles. The van der Waals surface area contributed by atoms with Crippen LogP contribution >= 0.6 is 0 Å². The summed E-state index contributed by atoms with van der Waals surface area (Å²) in [7, 11) is 0.